The summed E-state index contributed by atoms with van der Waals surface area (Å²) >= 11 is 0. The maximum atomic E-state index is 13.5. The number of methoxy groups -OCH3 is 2. The number of ether oxygens (including phenoxy) is 2. The lowest BCUT2D eigenvalue weighted by molar-refractivity contribution is -0.136. The fourth-order valence-electron chi connectivity index (χ4n) is 1.34. The van der Waals surface area contributed by atoms with Crippen LogP contribution in [0.4, 0.5) is 4.39 Å². The Morgan fingerprint density at radius 2 is 2.06 bits per heavy atom. The minimum atomic E-state index is -1.23. The summed E-state index contributed by atoms with van der Waals surface area (Å²) in [6.45, 7) is 0. The van der Waals surface area contributed by atoms with Crippen LogP contribution in [0.5, 0.6) is 17.2 Å². The lowest BCUT2D eigenvalue weighted by Gasteiger charge is -2.13. The van der Waals surface area contributed by atoms with E-state index in [1.807, 2.05) is 0 Å². The molecular formula is C10H11FO5. The predicted octanol–water partition coefficient (Wildman–Crippen LogP) is 1.18. The molecule has 0 bridgehead atoms. The first-order chi connectivity index (χ1) is 7.51. The van der Waals surface area contributed by atoms with Crippen LogP contribution in [-0.4, -0.2) is 30.4 Å². The largest absolute Gasteiger partial charge is 0.505 e. The van der Waals surface area contributed by atoms with Crippen molar-refractivity contribution >= 4 is 5.97 Å². The highest BCUT2D eigenvalue weighted by atomic mass is 19.1. The van der Waals surface area contributed by atoms with Crippen molar-refractivity contribution in [1.29, 1.82) is 0 Å². The molecule has 0 atom stereocenters. The van der Waals surface area contributed by atoms with Gasteiger partial charge in [0.05, 0.1) is 20.6 Å². The minimum Gasteiger partial charge on any atom is -0.505 e. The van der Waals surface area contributed by atoms with Crippen molar-refractivity contribution in [3.05, 3.63) is 17.4 Å². The summed E-state index contributed by atoms with van der Waals surface area (Å²) in [4.78, 5) is 10.6. The third-order valence-electron chi connectivity index (χ3n) is 2.01. The summed E-state index contributed by atoms with van der Waals surface area (Å²) in [5.74, 6) is -2.86. The summed E-state index contributed by atoms with van der Waals surface area (Å²) < 4.78 is 23.2. The molecule has 0 aliphatic carbocycles. The molecule has 0 saturated heterocycles. The third kappa shape index (κ3) is 2.16. The van der Waals surface area contributed by atoms with E-state index in [0.717, 1.165) is 6.07 Å². The van der Waals surface area contributed by atoms with Crippen molar-refractivity contribution in [2.24, 2.45) is 0 Å². The number of benzene rings is 1. The number of hydrogen-bond donors (Lipinski definition) is 2. The van der Waals surface area contributed by atoms with Crippen LogP contribution in [-0.2, 0) is 11.2 Å². The quantitative estimate of drug-likeness (QED) is 0.812. The second-order valence-corrected chi connectivity index (χ2v) is 2.99. The predicted molar refractivity (Wildman–Crippen MR) is 52.5 cm³/mol. The summed E-state index contributed by atoms with van der Waals surface area (Å²) in [5.41, 5.74) is -0.244. The van der Waals surface area contributed by atoms with Crippen LogP contribution < -0.4 is 9.47 Å². The Bertz CT molecular complexity index is 416. The van der Waals surface area contributed by atoms with Gasteiger partial charge in [0, 0.05) is 11.6 Å². The van der Waals surface area contributed by atoms with Gasteiger partial charge >= 0.3 is 5.97 Å². The zero-order valence-electron chi connectivity index (χ0n) is 8.78. The van der Waals surface area contributed by atoms with Gasteiger partial charge in [0.1, 0.15) is 0 Å². The smallest absolute Gasteiger partial charge is 0.308 e. The highest BCUT2D eigenvalue weighted by Gasteiger charge is 2.21. The highest BCUT2D eigenvalue weighted by molar-refractivity contribution is 5.73. The van der Waals surface area contributed by atoms with Gasteiger partial charge in [-0.25, -0.2) is 4.39 Å². The summed E-state index contributed by atoms with van der Waals surface area (Å²) in [7, 11) is 2.57. The molecule has 0 aliphatic rings. The summed E-state index contributed by atoms with van der Waals surface area (Å²) in [6, 6.07) is 1.03. The average Bonchev–Trinajstić information content (AvgIpc) is 2.23. The van der Waals surface area contributed by atoms with Crippen LogP contribution in [0.2, 0.25) is 0 Å². The molecule has 0 unspecified atom stereocenters. The van der Waals surface area contributed by atoms with E-state index in [4.69, 9.17) is 14.6 Å². The minimum absolute atomic E-state index is 0.0276. The lowest BCUT2D eigenvalue weighted by Crippen LogP contribution is -2.06. The first-order valence-electron chi connectivity index (χ1n) is 4.35. The van der Waals surface area contributed by atoms with Crippen LogP contribution >= 0.6 is 0 Å². The molecule has 0 aromatic heterocycles. The van der Waals surface area contributed by atoms with E-state index in [2.05, 4.69) is 0 Å². The van der Waals surface area contributed by atoms with Gasteiger partial charge in [0.25, 0.3) is 0 Å². The molecule has 0 heterocycles. The molecule has 0 radical (unpaired) electrons. The van der Waals surface area contributed by atoms with E-state index in [1.165, 1.54) is 14.2 Å². The van der Waals surface area contributed by atoms with Gasteiger partial charge in [0.2, 0.25) is 0 Å². The molecule has 16 heavy (non-hydrogen) atoms. The number of halogens is 1. The number of aliphatic carboxylic acids is 1. The number of phenols is 1. The van der Waals surface area contributed by atoms with Gasteiger partial charge in [0.15, 0.2) is 23.1 Å². The van der Waals surface area contributed by atoms with Crippen molar-refractivity contribution in [2.45, 2.75) is 6.42 Å². The summed E-state index contributed by atoms with van der Waals surface area (Å²) in [5, 5.41) is 17.9. The molecule has 6 heteroatoms. The Morgan fingerprint density at radius 3 is 2.50 bits per heavy atom. The molecule has 1 aromatic rings. The van der Waals surface area contributed by atoms with Crippen LogP contribution in [0.3, 0.4) is 0 Å². The highest BCUT2D eigenvalue weighted by Crippen LogP contribution is 2.38. The standard InChI is InChI=1S/C10H11FO5/c1-15-7-4-6(12)9(11)5(3-8(13)14)10(7)16-2/h4,12H,3H2,1-2H3,(H,13,14). The van der Waals surface area contributed by atoms with E-state index in [1.54, 1.807) is 0 Å². The zero-order valence-corrected chi connectivity index (χ0v) is 8.78. The molecule has 2 N–H and O–H groups in total. The van der Waals surface area contributed by atoms with E-state index in [0.29, 0.717) is 0 Å². The van der Waals surface area contributed by atoms with Gasteiger partial charge in [-0.2, -0.15) is 0 Å². The number of carboxylic acid groups (broad SMARTS) is 1. The molecule has 0 spiro atoms. The van der Waals surface area contributed by atoms with Crippen molar-refractivity contribution in [1.82, 2.24) is 0 Å². The fraction of sp³-hybridized carbons (Fsp3) is 0.300. The Labute approximate surface area is 91.0 Å². The van der Waals surface area contributed by atoms with Gasteiger partial charge in [-0.3, -0.25) is 4.79 Å². The van der Waals surface area contributed by atoms with E-state index in [-0.39, 0.29) is 17.1 Å². The maximum absolute atomic E-state index is 13.5. The Kier molecular flexibility index (Phi) is 3.55. The lowest BCUT2D eigenvalue weighted by atomic mass is 10.1. The van der Waals surface area contributed by atoms with Gasteiger partial charge < -0.3 is 19.7 Å². The third-order valence-corrected chi connectivity index (χ3v) is 2.01. The molecule has 0 saturated carbocycles. The van der Waals surface area contributed by atoms with Gasteiger partial charge in [-0.05, 0) is 0 Å². The number of carbonyl (C=O) groups is 1. The molecule has 0 fully saturated rings. The Hall–Kier alpha value is -1.98. The average molecular weight is 230 g/mol. The van der Waals surface area contributed by atoms with E-state index >= 15 is 0 Å². The van der Waals surface area contributed by atoms with Gasteiger partial charge in [-0.1, -0.05) is 0 Å². The second kappa shape index (κ2) is 4.69. The van der Waals surface area contributed by atoms with Crippen molar-refractivity contribution < 1.29 is 28.9 Å². The Balaban J connectivity index is 3.40. The van der Waals surface area contributed by atoms with Crippen LogP contribution in [0.25, 0.3) is 0 Å². The second-order valence-electron chi connectivity index (χ2n) is 2.99. The van der Waals surface area contributed by atoms with Crippen LogP contribution in [0, 0.1) is 5.82 Å². The molecule has 1 rings (SSSR count). The molecular weight excluding hydrogens is 219 g/mol. The number of hydrogen-bond acceptors (Lipinski definition) is 4. The van der Waals surface area contributed by atoms with Gasteiger partial charge in [-0.15, -0.1) is 0 Å². The van der Waals surface area contributed by atoms with Crippen molar-refractivity contribution in [3.8, 4) is 17.2 Å². The SMILES string of the molecule is COc1cc(O)c(F)c(CC(=O)O)c1OC. The first kappa shape index (κ1) is 12.1. The maximum Gasteiger partial charge on any atom is 0.308 e. The molecule has 1 aromatic carbocycles. The van der Waals surface area contributed by atoms with Crippen molar-refractivity contribution in [2.75, 3.05) is 14.2 Å². The molecule has 88 valence electrons. The number of carboxylic acids is 1. The van der Waals surface area contributed by atoms with Crippen LogP contribution in [0.15, 0.2) is 6.07 Å². The molecule has 5 nitrogen and oxygen atoms in total. The number of phenolic OH excluding ortho intramolecular Hbond substituents is 1. The molecule has 0 aliphatic heterocycles. The van der Waals surface area contributed by atoms with Crippen molar-refractivity contribution in [3.63, 3.8) is 0 Å². The van der Waals surface area contributed by atoms with E-state index in [9.17, 15) is 14.3 Å². The topological polar surface area (TPSA) is 76.0 Å². The van der Waals surface area contributed by atoms with Crippen LogP contribution in [0.1, 0.15) is 5.56 Å². The Morgan fingerprint density at radius 1 is 1.44 bits per heavy atom. The fourth-order valence-corrected chi connectivity index (χ4v) is 1.34. The zero-order chi connectivity index (χ0) is 12.3. The normalized spacial score (nSPS) is 9.94. The monoisotopic (exact) mass is 230 g/mol. The first-order valence-corrected chi connectivity index (χ1v) is 4.35. The number of aromatic hydroxyl groups is 1. The summed E-state index contributed by atoms with van der Waals surface area (Å²) in [6.07, 6.45) is -0.597. The van der Waals surface area contributed by atoms with E-state index < -0.39 is 24.0 Å². The molecule has 0 amide bonds. The number of rotatable bonds is 4.